The number of hydrogen-bond donors (Lipinski definition) is 2. The number of phenolic OH excluding ortho intramolecular Hbond substituents is 1. The van der Waals surface area contributed by atoms with Crippen molar-refractivity contribution in [1.82, 2.24) is 5.32 Å². The molecule has 3 rings (SSSR count). The van der Waals surface area contributed by atoms with E-state index in [2.05, 4.69) is 26.2 Å². The number of amidine groups is 1. The van der Waals surface area contributed by atoms with Crippen LogP contribution in [0.2, 0.25) is 10.0 Å². The SMILES string of the molecule is O=C1NC(=Nc2cccc(Cl)c2Cl)S/C1=C/c1cc(Br)cc(I)c1O. The quantitative estimate of drug-likeness (QED) is 0.347. The first-order valence-electron chi connectivity index (χ1n) is 6.77. The number of phenols is 1. The van der Waals surface area contributed by atoms with Gasteiger partial charge in [0, 0.05) is 10.0 Å². The second-order valence-corrected chi connectivity index (χ2v) is 8.77. The van der Waals surface area contributed by atoms with Gasteiger partial charge >= 0.3 is 0 Å². The third-order valence-electron chi connectivity index (χ3n) is 3.15. The summed E-state index contributed by atoms with van der Waals surface area (Å²) in [5.41, 5.74) is 1.01. The first kappa shape index (κ1) is 19.0. The van der Waals surface area contributed by atoms with Crippen LogP contribution in [0.1, 0.15) is 5.56 Å². The number of aromatic hydroxyl groups is 1. The van der Waals surface area contributed by atoms with E-state index in [-0.39, 0.29) is 11.7 Å². The number of aliphatic imine (C=N–C) groups is 1. The molecule has 0 bridgehead atoms. The van der Waals surface area contributed by atoms with Crippen molar-refractivity contribution in [2.75, 3.05) is 0 Å². The van der Waals surface area contributed by atoms with Crippen molar-refractivity contribution < 1.29 is 9.90 Å². The highest BCUT2D eigenvalue weighted by Crippen LogP contribution is 2.36. The average molecular weight is 570 g/mol. The Bertz CT molecular complexity index is 950. The molecule has 0 aliphatic carbocycles. The highest BCUT2D eigenvalue weighted by molar-refractivity contribution is 14.1. The largest absolute Gasteiger partial charge is 0.506 e. The number of carbonyl (C=O) groups is 1. The lowest BCUT2D eigenvalue weighted by Gasteiger charge is -2.03. The Hall–Kier alpha value is -0.740. The minimum absolute atomic E-state index is 0.118. The Labute approximate surface area is 180 Å². The van der Waals surface area contributed by atoms with Gasteiger partial charge < -0.3 is 10.4 Å². The van der Waals surface area contributed by atoms with E-state index in [4.69, 9.17) is 23.2 Å². The van der Waals surface area contributed by atoms with Crippen LogP contribution in [0.15, 0.2) is 44.7 Å². The molecular weight excluding hydrogens is 562 g/mol. The summed E-state index contributed by atoms with van der Waals surface area (Å²) in [7, 11) is 0. The fraction of sp³-hybridized carbons (Fsp3) is 0. The summed E-state index contributed by atoms with van der Waals surface area (Å²) in [6.45, 7) is 0. The molecule has 0 radical (unpaired) electrons. The van der Waals surface area contributed by atoms with E-state index in [0.29, 0.717) is 34.9 Å². The third kappa shape index (κ3) is 4.33. The second-order valence-electron chi connectivity index (χ2n) is 4.88. The summed E-state index contributed by atoms with van der Waals surface area (Å²) in [5, 5.41) is 13.9. The summed E-state index contributed by atoms with van der Waals surface area (Å²) in [5.74, 6) is -0.177. The molecule has 2 N–H and O–H groups in total. The van der Waals surface area contributed by atoms with Crippen LogP contribution >= 0.6 is 73.5 Å². The molecule has 2 aromatic rings. The Morgan fingerprint density at radius 2 is 2.08 bits per heavy atom. The van der Waals surface area contributed by atoms with Gasteiger partial charge in [0.15, 0.2) is 5.17 Å². The molecule has 1 aliphatic heterocycles. The van der Waals surface area contributed by atoms with Gasteiger partial charge in [-0.05, 0) is 64.7 Å². The van der Waals surface area contributed by atoms with Gasteiger partial charge in [-0.25, -0.2) is 4.99 Å². The molecule has 0 atom stereocenters. The van der Waals surface area contributed by atoms with Crippen LogP contribution in [-0.2, 0) is 4.79 Å². The van der Waals surface area contributed by atoms with Gasteiger partial charge in [0.1, 0.15) is 5.75 Å². The maximum Gasteiger partial charge on any atom is 0.264 e. The third-order valence-corrected chi connectivity index (χ3v) is 6.15. The Morgan fingerprint density at radius 3 is 2.84 bits per heavy atom. The van der Waals surface area contributed by atoms with E-state index in [9.17, 15) is 9.90 Å². The van der Waals surface area contributed by atoms with Crippen LogP contribution in [0, 0.1) is 3.57 Å². The van der Waals surface area contributed by atoms with E-state index in [0.717, 1.165) is 16.2 Å². The predicted molar refractivity (Wildman–Crippen MR) is 116 cm³/mol. The Morgan fingerprint density at radius 1 is 1.32 bits per heavy atom. The zero-order valence-electron chi connectivity index (χ0n) is 12.2. The van der Waals surface area contributed by atoms with Crippen LogP contribution < -0.4 is 5.32 Å². The fourth-order valence-corrected chi connectivity index (χ4v) is 4.72. The molecule has 1 aliphatic rings. The molecule has 1 heterocycles. The van der Waals surface area contributed by atoms with Gasteiger partial charge in [0.25, 0.3) is 5.91 Å². The number of nitrogens with one attached hydrogen (secondary N) is 1. The van der Waals surface area contributed by atoms with Gasteiger partial charge in [-0.2, -0.15) is 0 Å². The molecule has 9 heteroatoms. The molecule has 1 fully saturated rings. The lowest BCUT2D eigenvalue weighted by Crippen LogP contribution is -2.19. The lowest BCUT2D eigenvalue weighted by atomic mass is 10.2. The molecule has 0 unspecified atom stereocenters. The number of benzene rings is 2. The van der Waals surface area contributed by atoms with Gasteiger partial charge in [-0.1, -0.05) is 45.2 Å². The van der Waals surface area contributed by atoms with Crippen LogP contribution in [-0.4, -0.2) is 16.2 Å². The number of carbonyl (C=O) groups excluding carboxylic acids is 1. The van der Waals surface area contributed by atoms with Crippen LogP contribution in [0.3, 0.4) is 0 Å². The second kappa shape index (κ2) is 7.87. The van der Waals surface area contributed by atoms with E-state index in [1.807, 2.05) is 22.6 Å². The van der Waals surface area contributed by atoms with Gasteiger partial charge in [-0.3, -0.25) is 4.79 Å². The zero-order valence-corrected chi connectivity index (χ0v) is 18.3. The van der Waals surface area contributed by atoms with E-state index in [1.165, 1.54) is 0 Å². The molecule has 0 saturated carbocycles. The molecule has 0 aromatic heterocycles. The summed E-state index contributed by atoms with van der Waals surface area (Å²) >= 11 is 18.7. The van der Waals surface area contributed by atoms with Crippen LogP contribution in [0.5, 0.6) is 5.75 Å². The number of halogens is 4. The number of thioether (sulfide) groups is 1. The van der Waals surface area contributed by atoms with Crippen molar-refractivity contribution in [3.63, 3.8) is 0 Å². The van der Waals surface area contributed by atoms with Crippen molar-refractivity contribution in [3.8, 4) is 5.75 Å². The first-order chi connectivity index (χ1) is 11.8. The number of hydrogen-bond acceptors (Lipinski definition) is 4. The molecule has 128 valence electrons. The molecule has 0 spiro atoms. The maximum absolute atomic E-state index is 12.2. The molecule has 1 saturated heterocycles. The predicted octanol–water partition coefficient (Wildman–Crippen LogP) is 5.96. The molecule has 1 amide bonds. The molecular formula is C16H8BrCl2IN2O2S. The Balaban J connectivity index is 1.93. The van der Waals surface area contributed by atoms with Gasteiger partial charge in [0.2, 0.25) is 0 Å². The standard InChI is InChI=1S/C16H8BrCl2IN2O2S/c17-8-4-7(14(23)10(20)6-8)5-12-15(24)22-16(25-12)21-11-3-1-2-9(18)13(11)19/h1-6,23H,(H,21,22,24)/b12-5+. The fourth-order valence-electron chi connectivity index (χ4n) is 2.01. The summed E-state index contributed by atoms with van der Waals surface area (Å²) < 4.78 is 1.49. The zero-order chi connectivity index (χ0) is 18.1. The van der Waals surface area contributed by atoms with Crippen LogP contribution in [0.25, 0.3) is 6.08 Å². The van der Waals surface area contributed by atoms with E-state index >= 15 is 0 Å². The van der Waals surface area contributed by atoms with Crippen molar-refractivity contribution in [2.45, 2.75) is 0 Å². The minimum Gasteiger partial charge on any atom is -0.506 e. The molecule has 2 aromatic carbocycles. The van der Waals surface area contributed by atoms with Crippen molar-refractivity contribution in [1.29, 1.82) is 0 Å². The Kier molecular flexibility index (Phi) is 5.99. The number of nitrogens with zero attached hydrogens (tertiary/aromatic N) is 1. The van der Waals surface area contributed by atoms with Crippen LogP contribution in [0.4, 0.5) is 5.69 Å². The number of rotatable bonds is 2. The topological polar surface area (TPSA) is 61.7 Å². The van der Waals surface area contributed by atoms with E-state index in [1.54, 1.807) is 36.4 Å². The van der Waals surface area contributed by atoms with Crippen molar-refractivity contribution >= 4 is 96.3 Å². The lowest BCUT2D eigenvalue weighted by molar-refractivity contribution is -0.115. The average Bonchev–Trinajstić information content (AvgIpc) is 2.88. The molecule has 4 nitrogen and oxygen atoms in total. The summed E-state index contributed by atoms with van der Waals surface area (Å²) in [6, 6.07) is 8.62. The highest BCUT2D eigenvalue weighted by Gasteiger charge is 2.25. The smallest absolute Gasteiger partial charge is 0.264 e. The first-order valence-corrected chi connectivity index (χ1v) is 10.2. The van der Waals surface area contributed by atoms with Crippen molar-refractivity contribution in [2.24, 2.45) is 4.99 Å². The van der Waals surface area contributed by atoms with E-state index < -0.39 is 0 Å². The van der Waals surface area contributed by atoms with Gasteiger partial charge in [0.05, 0.1) is 24.2 Å². The van der Waals surface area contributed by atoms with Gasteiger partial charge in [-0.15, -0.1) is 0 Å². The maximum atomic E-state index is 12.2. The summed E-state index contributed by atoms with van der Waals surface area (Å²) in [6.07, 6.45) is 1.62. The highest BCUT2D eigenvalue weighted by atomic mass is 127. The normalized spacial score (nSPS) is 17.4. The number of amides is 1. The monoisotopic (exact) mass is 568 g/mol. The van der Waals surface area contributed by atoms with Crippen molar-refractivity contribution in [3.05, 3.63) is 58.9 Å². The summed E-state index contributed by atoms with van der Waals surface area (Å²) in [4.78, 5) is 16.9. The minimum atomic E-state index is -0.295. The molecule has 25 heavy (non-hydrogen) atoms.